The lowest BCUT2D eigenvalue weighted by atomic mass is 10.2. The second-order valence-corrected chi connectivity index (χ2v) is 6.19. The highest BCUT2D eigenvalue weighted by molar-refractivity contribution is 7.99. The SMILES string of the molecule is CCCNCc1cccc(Cl)c1Sc1cc(C)nn1C. The molecule has 3 nitrogen and oxygen atoms in total. The highest BCUT2D eigenvalue weighted by Crippen LogP contribution is 2.36. The Labute approximate surface area is 129 Å². The summed E-state index contributed by atoms with van der Waals surface area (Å²) in [6, 6.07) is 8.15. The number of aryl methyl sites for hydroxylation is 2. The van der Waals surface area contributed by atoms with Crippen LogP contribution in [0.5, 0.6) is 0 Å². The molecule has 0 aliphatic heterocycles. The van der Waals surface area contributed by atoms with Crippen molar-refractivity contribution in [1.29, 1.82) is 0 Å². The lowest BCUT2D eigenvalue weighted by Crippen LogP contribution is -2.14. The first-order valence-corrected chi connectivity index (χ1v) is 7.98. The quantitative estimate of drug-likeness (QED) is 0.817. The maximum atomic E-state index is 6.37. The van der Waals surface area contributed by atoms with Crippen molar-refractivity contribution in [1.82, 2.24) is 15.1 Å². The molecule has 0 saturated heterocycles. The molecule has 0 aliphatic rings. The molecule has 0 fully saturated rings. The van der Waals surface area contributed by atoms with Crippen molar-refractivity contribution >= 4 is 23.4 Å². The van der Waals surface area contributed by atoms with Gasteiger partial charge in [-0.05, 0) is 37.6 Å². The molecule has 0 radical (unpaired) electrons. The van der Waals surface area contributed by atoms with Crippen LogP contribution in [0.1, 0.15) is 24.6 Å². The van der Waals surface area contributed by atoms with Crippen LogP contribution in [0.3, 0.4) is 0 Å². The summed E-state index contributed by atoms with van der Waals surface area (Å²) in [5, 5.41) is 9.71. The molecular formula is C15H20ClN3S. The summed E-state index contributed by atoms with van der Waals surface area (Å²) in [5.74, 6) is 0. The van der Waals surface area contributed by atoms with Gasteiger partial charge in [-0.1, -0.05) is 42.4 Å². The summed E-state index contributed by atoms with van der Waals surface area (Å²) >= 11 is 8.05. The average Bonchev–Trinajstić information content (AvgIpc) is 2.72. The van der Waals surface area contributed by atoms with Crippen molar-refractivity contribution in [3.63, 3.8) is 0 Å². The molecule has 0 saturated carbocycles. The van der Waals surface area contributed by atoms with E-state index in [1.807, 2.05) is 30.8 Å². The highest BCUT2D eigenvalue weighted by Gasteiger charge is 2.11. The normalized spacial score (nSPS) is 11.0. The number of benzene rings is 1. The molecule has 0 unspecified atom stereocenters. The van der Waals surface area contributed by atoms with Gasteiger partial charge in [0.25, 0.3) is 0 Å². The predicted octanol–water partition coefficient (Wildman–Crippen LogP) is 4.03. The van der Waals surface area contributed by atoms with E-state index in [1.54, 1.807) is 11.8 Å². The second-order valence-electron chi connectivity index (χ2n) is 4.75. The van der Waals surface area contributed by atoms with E-state index in [2.05, 4.69) is 29.5 Å². The maximum Gasteiger partial charge on any atom is 0.0987 e. The van der Waals surface area contributed by atoms with Crippen LogP contribution in [0.15, 0.2) is 34.2 Å². The number of nitrogens with one attached hydrogen (secondary N) is 1. The minimum absolute atomic E-state index is 0.796. The van der Waals surface area contributed by atoms with Gasteiger partial charge in [-0.3, -0.25) is 4.68 Å². The van der Waals surface area contributed by atoms with E-state index >= 15 is 0 Å². The molecule has 1 aromatic carbocycles. The van der Waals surface area contributed by atoms with Gasteiger partial charge in [-0.15, -0.1) is 0 Å². The molecule has 0 bridgehead atoms. The van der Waals surface area contributed by atoms with Gasteiger partial charge < -0.3 is 5.32 Å². The number of halogens is 1. The number of aromatic nitrogens is 2. The number of nitrogens with zero attached hydrogens (tertiary/aromatic N) is 2. The van der Waals surface area contributed by atoms with Crippen LogP contribution in [0.25, 0.3) is 0 Å². The molecule has 0 atom stereocenters. The van der Waals surface area contributed by atoms with Crippen molar-refractivity contribution in [2.45, 2.75) is 36.7 Å². The van der Waals surface area contributed by atoms with Crippen LogP contribution in [0.2, 0.25) is 5.02 Å². The van der Waals surface area contributed by atoms with E-state index in [-0.39, 0.29) is 0 Å². The Morgan fingerprint density at radius 3 is 2.85 bits per heavy atom. The number of rotatable bonds is 6. The van der Waals surface area contributed by atoms with Gasteiger partial charge in [-0.25, -0.2) is 0 Å². The molecule has 108 valence electrons. The van der Waals surface area contributed by atoms with Crippen LogP contribution in [-0.4, -0.2) is 16.3 Å². The van der Waals surface area contributed by atoms with Crippen LogP contribution in [0, 0.1) is 6.92 Å². The number of hydrogen-bond donors (Lipinski definition) is 1. The maximum absolute atomic E-state index is 6.37. The average molecular weight is 310 g/mol. The molecule has 1 aromatic heterocycles. The molecule has 5 heteroatoms. The smallest absolute Gasteiger partial charge is 0.0987 e. The van der Waals surface area contributed by atoms with Gasteiger partial charge >= 0.3 is 0 Å². The standard InChI is InChI=1S/C15H20ClN3S/c1-4-8-17-10-12-6-5-7-13(16)15(12)20-14-9-11(2)18-19(14)3/h5-7,9,17H,4,8,10H2,1-3H3. The first kappa shape index (κ1) is 15.4. The minimum atomic E-state index is 0.796. The lowest BCUT2D eigenvalue weighted by molar-refractivity contribution is 0.668. The molecule has 20 heavy (non-hydrogen) atoms. The van der Waals surface area contributed by atoms with Gasteiger partial charge in [0.05, 0.1) is 15.7 Å². The summed E-state index contributed by atoms with van der Waals surface area (Å²) < 4.78 is 1.90. The number of hydrogen-bond acceptors (Lipinski definition) is 3. The summed E-state index contributed by atoms with van der Waals surface area (Å²) in [6.45, 7) is 6.02. The Balaban J connectivity index is 2.23. The van der Waals surface area contributed by atoms with Crippen molar-refractivity contribution in [2.75, 3.05) is 6.54 Å². The monoisotopic (exact) mass is 309 g/mol. The molecule has 1 N–H and O–H groups in total. The zero-order valence-electron chi connectivity index (χ0n) is 12.1. The fraction of sp³-hybridized carbons (Fsp3) is 0.400. The second kappa shape index (κ2) is 7.16. The predicted molar refractivity (Wildman–Crippen MR) is 85.5 cm³/mol. The van der Waals surface area contributed by atoms with E-state index in [0.717, 1.165) is 40.1 Å². The van der Waals surface area contributed by atoms with E-state index in [9.17, 15) is 0 Å². The van der Waals surface area contributed by atoms with E-state index in [0.29, 0.717) is 0 Å². The van der Waals surface area contributed by atoms with E-state index < -0.39 is 0 Å². The molecule has 0 spiro atoms. The van der Waals surface area contributed by atoms with Crippen LogP contribution in [-0.2, 0) is 13.6 Å². The fourth-order valence-corrected chi connectivity index (χ4v) is 3.35. The Bertz CT molecular complexity index is 580. The minimum Gasteiger partial charge on any atom is -0.313 e. The third kappa shape index (κ3) is 3.78. The summed E-state index contributed by atoms with van der Waals surface area (Å²) in [5.41, 5.74) is 2.25. The molecule has 2 aromatic rings. The van der Waals surface area contributed by atoms with Crippen molar-refractivity contribution in [3.05, 3.63) is 40.5 Å². The molecule has 0 amide bonds. The first-order valence-electron chi connectivity index (χ1n) is 6.78. The zero-order valence-corrected chi connectivity index (χ0v) is 13.7. The van der Waals surface area contributed by atoms with Gasteiger partial charge in [0.1, 0.15) is 0 Å². The van der Waals surface area contributed by atoms with Gasteiger partial charge in [0.15, 0.2) is 0 Å². The Morgan fingerprint density at radius 1 is 1.40 bits per heavy atom. The zero-order chi connectivity index (χ0) is 14.5. The topological polar surface area (TPSA) is 29.9 Å². The van der Waals surface area contributed by atoms with Gasteiger partial charge in [0.2, 0.25) is 0 Å². The van der Waals surface area contributed by atoms with E-state index in [1.165, 1.54) is 5.56 Å². The largest absolute Gasteiger partial charge is 0.313 e. The summed E-state index contributed by atoms with van der Waals surface area (Å²) in [7, 11) is 1.96. The Hall–Kier alpha value is -0.970. The van der Waals surface area contributed by atoms with Crippen molar-refractivity contribution in [2.24, 2.45) is 7.05 Å². The molecule has 2 rings (SSSR count). The molecular weight excluding hydrogens is 290 g/mol. The van der Waals surface area contributed by atoms with Gasteiger partial charge in [0, 0.05) is 18.5 Å². The Morgan fingerprint density at radius 2 is 2.20 bits per heavy atom. The fourth-order valence-electron chi connectivity index (χ4n) is 1.99. The molecule has 1 heterocycles. The van der Waals surface area contributed by atoms with Crippen molar-refractivity contribution < 1.29 is 0 Å². The summed E-state index contributed by atoms with van der Waals surface area (Å²) in [6.07, 6.45) is 1.13. The third-order valence-electron chi connectivity index (χ3n) is 2.96. The van der Waals surface area contributed by atoms with Gasteiger partial charge in [-0.2, -0.15) is 5.10 Å². The highest BCUT2D eigenvalue weighted by atomic mass is 35.5. The third-order valence-corrected chi connectivity index (χ3v) is 4.66. The molecule has 0 aliphatic carbocycles. The van der Waals surface area contributed by atoms with Crippen LogP contribution < -0.4 is 5.32 Å². The van der Waals surface area contributed by atoms with Crippen LogP contribution >= 0.6 is 23.4 Å². The summed E-state index contributed by atoms with van der Waals surface area (Å²) in [4.78, 5) is 1.11. The van der Waals surface area contributed by atoms with Crippen LogP contribution in [0.4, 0.5) is 0 Å². The first-order chi connectivity index (χ1) is 9.61. The Kier molecular flexibility index (Phi) is 5.52. The lowest BCUT2D eigenvalue weighted by Gasteiger charge is -2.11. The van der Waals surface area contributed by atoms with E-state index in [4.69, 9.17) is 11.6 Å². The van der Waals surface area contributed by atoms with Crippen molar-refractivity contribution in [3.8, 4) is 0 Å².